The summed E-state index contributed by atoms with van der Waals surface area (Å²) in [7, 11) is -3.67. The minimum absolute atomic E-state index is 0.0566. The van der Waals surface area contributed by atoms with Gasteiger partial charge in [0.2, 0.25) is 0 Å². The van der Waals surface area contributed by atoms with Crippen LogP contribution in [0.1, 0.15) is 5.69 Å². The average Bonchev–Trinajstić information content (AvgIpc) is 2.28. The van der Waals surface area contributed by atoms with Crippen molar-refractivity contribution in [1.29, 1.82) is 0 Å². The molecular weight excluding hydrogens is 272 g/mol. The molecule has 0 saturated carbocycles. The summed E-state index contributed by atoms with van der Waals surface area (Å²) in [6, 6.07) is 9.53. The maximum absolute atomic E-state index is 12.1. The van der Waals surface area contributed by atoms with E-state index in [1.165, 1.54) is 12.1 Å². The quantitative estimate of drug-likeness (QED) is 0.942. The fourth-order valence-electron chi connectivity index (χ4n) is 1.48. The van der Waals surface area contributed by atoms with Gasteiger partial charge in [-0.3, -0.25) is 9.71 Å². The van der Waals surface area contributed by atoms with Crippen LogP contribution in [0.2, 0.25) is 5.02 Å². The Kier molecular flexibility index (Phi) is 3.54. The number of hydrogen-bond acceptors (Lipinski definition) is 3. The molecule has 2 aromatic rings. The van der Waals surface area contributed by atoms with Gasteiger partial charge in [-0.2, -0.15) is 0 Å². The lowest BCUT2D eigenvalue weighted by Gasteiger charge is -2.09. The molecule has 0 aliphatic carbocycles. The highest BCUT2D eigenvalue weighted by Crippen LogP contribution is 2.23. The lowest BCUT2D eigenvalue weighted by atomic mass is 10.3. The largest absolute Gasteiger partial charge is 0.279 e. The number of pyridine rings is 1. The van der Waals surface area contributed by atoms with Gasteiger partial charge < -0.3 is 0 Å². The van der Waals surface area contributed by atoms with Crippen molar-refractivity contribution in [2.45, 2.75) is 11.8 Å². The molecular formula is C12H11ClN2O2S. The SMILES string of the molecule is Cc1cc(NS(=O)(=O)c2ccccc2Cl)ccn1. The number of sulfonamides is 1. The molecule has 0 fully saturated rings. The highest BCUT2D eigenvalue weighted by atomic mass is 35.5. The number of aryl methyl sites for hydroxylation is 1. The maximum atomic E-state index is 12.1. The zero-order valence-electron chi connectivity index (χ0n) is 9.59. The average molecular weight is 283 g/mol. The first-order chi connectivity index (χ1) is 8.49. The summed E-state index contributed by atoms with van der Waals surface area (Å²) >= 11 is 5.87. The van der Waals surface area contributed by atoms with Crippen LogP contribution in [-0.2, 0) is 10.0 Å². The molecule has 0 aliphatic heterocycles. The molecule has 1 aromatic heterocycles. The highest BCUT2D eigenvalue weighted by molar-refractivity contribution is 7.92. The molecule has 1 heterocycles. The Morgan fingerprint density at radius 1 is 1.22 bits per heavy atom. The molecule has 1 aromatic carbocycles. The number of benzene rings is 1. The summed E-state index contributed by atoms with van der Waals surface area (Å²) in [5.74, 6) is 0. The Hall–Kier alpha value is -1.59. The van der Waals surface area contributed by atoms with Crippen LogP contribution >= 0.6 is 11.6 Å². The van der Waals surface area contributed by atoms with Crippen molar-refractivity contribution in [3.05, 3.63) is 53.3 Å². The van der Waals surface area contributed by atoms with Crippen molar-refractivity contribution in [2.24, 2.45) is 0 Å². The van der Waals surface area contributed by atoms with Crippen LogP contribution in [0.25, 0.3) is 0 Å². The monoisotopic (exact) mass is 282 g/mol. The zero-order chi connectivity index (χ0) is 13.2. The summed E-state index contributed by atoms with van der Waals surface area (Å²) in [6.07, 6.45) is 1.54. The van der Waals surface area contributed by atoms with Gasteiger partial charge in [0.1, 0.15) is 4.90 Å². The molecule has 0 radical (unpaired) electrons. The molecule has 2 rings (SSSR count). The van der Waals surface area contributed by atoms with Gasteiger partial charge in [0, 0.05) is 11.9 Å². The molecule has 0 bridgehead atoms. The van der Waals surface area contributed by atoms with E-state index < -0.39 is 10.0 Å². The second-order valence-electron chi connectivity index (χ2n) is 3.72. The standard InChI is InChI=1S/C12H11ClN2O2S/c1-9-8-10(6-7-14-9)15-18(16,17)12-5-3-2-4-11(12)13/h2-8H,1H3,(H,14,15). The van der Waals surface area contributed by atoms with E-state index in [0.717, 1.165) is 5.69 Å². The molecule has 1 N–H and O–H groups in total. The third kappa shape index (κ3) is 2.80. The Balaban J connectivity index is 2.37. The fraction of sp³-hybridized carbons (Fsp3) is 0.0833. The van der Waals surface area contributed by atoms with Gasteiger partial charge in [0.25, 0.3) is 10.0 Å². The van der Waals surface area contributed by atoms with Gasteiger partial charge >= 0.3 is 0 Å². The number of halogens is 1. The Bertz CT molecular complexity index is 671. The first-order valence-electron chi connectivity index (χ1n) is 5.19. The van der Waals surface area contributed by atoms with Crippen molar-refractivity contribution in [3.8, 4) is 0 Å². The second-order valence-corrected chi connectivity index (χ2v) is 5.78. The third-order valence-corrected chi connectivity index (χ3v) is 4.16. The Labute approximate surface area is 111 Å². The van der Waals surface area contributed by atoms with Crippen LogP contribution in [0, 0.1) is 6.92 Å². The second kappa shape index (κ2) is 4.96. The summed E-state index contributed by atoms with van der Waals surface area (Å²) in [6.45, 7) is 1.79. The number of hydrogen-bond donors (Lipinski definition) is 1. The number of rotatable bonds is 3. The van der Waals surface area contributed by atoms with Crippen molar-refractivity contribution in [2.75, 3.05) is 4.72 Å². The molecule has 0 unspecified atom stereocenters. The van der Waals surface area contributed by atoms with Gasteiger partial charge in [0.05, 0.1) is 10.7 Å². The van der Waals surface area contributed by atoms with E-state index in [0.29, 0.717) is 5.69 Å². The van der Waals surface area contributed by atoms with E-state index in [2.05, 4.69) is 9.71 Å². The van der Waals surface area contributed by atoms with Crippen LogP contribution in [0.15, 0.2) is 47.5 Å². The zero-order valence-corrected chi connectivity index (χ0v) is 11.2. The smallest absolute Gasteiger partial charge is 0.263 e. The first-order valence-corrected chi connectivity index (χ1v) is 7.05. The molecule has 0 saturated heterocycles. The minimum atomic E-state index is -3.67. The molecule has 4 nitrogen and oxygen atoms in total. The molecule has 18 heavy (non-hydrogen) atoms. The number of aromatic nitrogens is 1. The molecule has 0 amide bonds. The van der Waals surface area contributed by atoms with Gasteiger partial charge in [-0.25, -0.2) is 8.42 Å². The van der Waals surface area contributed by atoms with Crippen molar-refractivity contribution in [1.82, 2.24) is 4.98 Å². The van der Waals surface area contributed by atoms with E-state index in [1.807, 2.05) is 0 Å². The molecule has 0 spiro atoms. The molecule has 6 heteroatoms. The number of nitrogens with zero attached hydrogens (tertiary/aromatic N) is 1. The minimum Gasteiger partial charge on any atom is -0.279 e. The van der Waals surface area contributed by atoms with E-state index in [-0.39, 0.29) is 9.92 Å². The normalized spacial score (nSPS) is 11.2. The lowest BCUT2D eigenvalue weighted by molar-refractivity contribution is 0.601. The van der Waals surface area contributed by atoms with E-state index in [9.17, 15) is 8.42 Å². The summed E-state index contributed by atoms with van der Waals surface area (Å²) < 4.78 is 26.7. The topological polar surface area (TPSA) is 59.1 Å². The van der Waals surface area contributed by atoms with Crippen LogP contribution in [0.5, 0.6) is 0 Å². The van der Waals surface area contributed by atoms with Gasteiger partial charge in [-0.15, -0.1) is 0 Å². The van der Waals surface area contributed by atoms with Crippen molar-refractivity contribution < 1.29 is 8.42 Å². The predicted molar refractivity (Wildman–Crippen MR) is 71.2 cm³/mol. The van der Waals surface area contributed by atoms with E-state index in [4.69, 9.17) is 11.6 Å². The predicted octanol–water partition coefficient (Wildman–Crippen LogP) is 2.84. The fourth-order valence-corrected chi connectivity index (χ4v) is 3.05. The van der Waals surface area contributed by atoms with Crippen LogP contribution < -0.4 is 4.72 Å². The summed E-state index contributed by atoms with van der Waals surface area (Å²) in [5.41, 5.74) is 1.19. The Morgan fingerprint density at radius 3 is 2.61 bits per heavy atom. The Morgan fingerprint density at radius 2 is 1.94 bits per heavy atom. The maximum Gasteiger partial charge on any atom is 0.263 e. The van der Waals surface area contributed by atoms with Crippen LogP contribution in [0.3, 0.4) is 0 Å². The van der Waals surface area contributed by atoms with Crippen LogP contribution in [-0.4, -0.2) is 13.4 Å². The summed E-state index contributed by atoms with van der Waals surface area (Å²) in [5, 5.41) is 0.191. The van der Waals surface area contributed by atoms with Gasteiger partial charge in [-0.05, 0) is 31.2 Å². The van der Waals surface area contributed by atoms with E-state index in [1.54, 1.807) is 37.4 Å². The summed E-state index contributed by atoms with van der Waals surface area (Å²) in [4.78, 5) is 4.06. The highest BCUT2D eigenvalue weighted by Gasteiger charge is 2.17. The van der Waals surface area contributed by atoms with Crippen LogP contribution in [0.4, 0.5) is 5.69 Å². The molecule has 0 atom stereocenters. The van der Waals surface area contributed by atoms with Crippen molar-refractivity contribution >= 4 is 27.3 Å². The van der Waals surface area contributed by atoms with Gasteiger partial charge in [0.15, 0.2) is 0 Å². The van der Waals surface area contributed by atoms with Crippen molar-refractivity contribution in [3.63, 3.8) is 0 Å². The number of anilines is 1. The van der Waals surface area contributed by atoms with Gasteiger partial charge in [-0.1, -0.05) is 23.7 Å². The number of nitrogens with one attached hydrogen (secondary N) is 1. The first kappa shape index (κ1) is 12.9. The lowest BCUT2D eigenvalue weighted by Crippen LogP contribution is -2.13. The van der Waals surface area contributed by atoms with E-state index >= 15 is 0 Å². The molecule has 94 valence electrons. The third-order valence-electron chi connectivity index (χ3n) is 2.28. The molecule has 0 aliphatic rings.